The van der Waals surface area contributed by atoms with E-state index in [1.807, 2.05) is 0 Å². The average molecular weight is 697 g/mol. The number of halogens is 4. The molecule has 0 aliphatic heterocycles. The van der Waals surface area contributed by atoms with E-state index in [9.17, 15) is 13.2 Å². The second-order valence-electron chi connectivity index (χ2n) is 17.5. The minimum absolute atomic E-state index is 0. The number of rotatable bonds is 31. The first-order chi connectivity index (χ1) is 21.6. The highest BCUT2D eigenvalue weighted by Crippen LogP contribution is 2.26. The van der Waals surface area contributed by atoms with E-state index in [0.717, 1.165) is 61.2 Å². The number of hydrogen-bond donors (Lipinski definition) is 0. The summed E-state index contributed by atoms with van der Waals surface area (Å²) < 4.78 is 40.2. The molecule has 0 aliphatic carbocycles. The summed E-state index contributed by atoms with van der Waals surface area (Å²) in [4.78, 5) is 1.70. The van der Waals surface area contributed by atoms with Gasteiger partial charge < -0.3 is 0 Å². The van der Waals surface area contributed by atoms with Crippen molar-refractivity contribution in [3.05, 3.63) is 0 Å². The molecule has 5 heteroatoms. The largest absolute Gasteiger partial charge is 0.401 e. The van der Waals surface area contributed by atoms with Gasteiger partial charge in [-0.25, -0.2) is 0 Å². The normalized spacial score (nSPS) is 16.3. The van der Waals surface area contributed by atoms with E-state index >= 15 is 0 Å². The van der Waals surface area contributed by atoms with Gasteiger partial charge in [0.15, 0.2) is 0 Å². The average Bonchev–Trinajstić information content (AvgIpc) is 2.93. The standard InChI is InChI=1S/C42H84F3N.ClH/c1-34(2)17-11-19-36(5)21-13-23-38(7)25-15-27-40(9)29-31-46(33-42(43,44)45)32-30-41(10)28-16-26-39(8)24-14-22-37(6)20-12-18-35(3)4;/h34-41H,11-33H2,1-10H3;1H. The van der Waals surface area contributed by atoms with Gasteiger partial charge in [-0.3, -0.25) is 4.90 Å². The van der Waals surface area contributed by atoms with Crippen molar-refractivity contribution in [3.63, 3.8) is 0 Å². The Morgan fingerprint density at radius 2 is 0.574 bits per heavy atom. The quantitative estimate of drug-likeness (QED) is 0.0698. The Bertz CT molecular complexity index is 619. The Balaban J connectivity index is 0. The number of alkyl halides is 3. The van der Waals surface area contributed by atoms with E-state index in [1.54, 1.807) is 4.90 Å². The molecule has 0 aromatic carbocycles. The first-order valence-electron chi connectivity index (χ1n) is 20.4. The van der Waals surface area contributed by atoms with Gasteiger partial charge in [0.25, 0.3) is 0 Å². The maximum absolute atomic E-state index is 13.4. The van der Waals surface area contributed by atoms with Crippen LogP contribution in [0.4, 0.5) is 13.2 Å². The van der Waals surface area contributed by atoms with Crippen LogP contribution >= 0.6 is 12.4 Å². The van der Waals surface area contributed by atoms with Crippen LogP contribution in [0.1, 0.15) is 198 Å². The van der Waals surface area contributed by atoms with Crippen LogP contribution in [0, 0.1) is 47.3 Å². The summed E-state index contributed by atoms with van der Waals surface area (Å²) >= 11 is 0. The van der Waals surface area contributed by atoms with Gasteiger partial charge in [0.1, 0.15) is 0 Å². The molecule has 0 aromatic heterocycles. The van der Waals surface area contributed by atoms with Gasteiger partial charge in [-0.05, 0) is 73.3 Å². The van der Waals surface area contributed by atoms with Crippen molar-refractivity contribution in [2.75, 3.05) is 19.6 Å². The van der Waals surface area contributed by atoms with Crippen LogP contribution in [-0.4, -0.2) is 30.7 Å². The molecule has 0 fully saturated rings. The first kappa shape index (κ1) is 49.2. The lowest BCUT2D eigenvalue weighted by atomic mass is 9.90. The summed E-state index contributed by atoms with van der Waals surface area (Å²) in [5.74, 6) is 5.82. The molecule has 0 saturated heterocycles. The minimum Gasteiger partial charge on any atom is -0.295 e. The number of hydrogen-bond acceptors (Lipinski definition) is 1. The van der Waals surface area contributed by atoms with E-state index in [2.05, 4.69) is 69.2 Å². The van der Waals surface area contributed by atoms with E-state index < -0.39 is 12.7 Å². The molecule has 0 saturated carbocycles. The topological polar surface area (TPSA) is 3.24 Å². The van der Waals surface area contributed by atoms with Crippen molar-refractivity contribution < 1.29 is 13.2 Å². The predicted octanol–water partition coefficient (Wildman–Crippen LogP) is 15.2. The van der Waals surface area contributed by atoms with Crippen molar-refractivity contribution >= 4 is 12.4 Å². The number of nitrogens with zero attached hydrogens (tertiary/aromatic N) is 1. The van der Waals surface area contributed by atoms with Crippen molar-refractivity contribution in [2.24, 2.45) is 47.3 Å². The highest BCUT2D eigenvalue weighted by Gasteiger charge is 2.30. The van der Waals surface area contributed by atoms with Crippen molar-refractivity contribution in [3.8, 4) is 0 Å². The molecule has 0 amide bonds. The maximum Gasteiger partial charge on any atom is 0.401 e. The third-order valence-electron chi connectivity index (χ3n) is 10.8. The Labute approximate surface area is 300 Å². The van der Waals surface area contributed by atoms with Crippen LogP contribution in [0.2, 0.25) is 0 Å². The van der Waals surface area contributed by atoms with Crippen molar-refractivity contribution in [2.45, 2.75) is 204 Å². The maximum atomic E-state index is 13.4. The fourth-order valence-corrected chi connectivity index (χ4v) is 7.20. The van der Waals surface area contributed by atoms with Gasteiger partial charge in [-0.15, -0.1) is 12.4 Å². The molecule has 6 unspecified atom stereocenters. The Morgan fingerprint density at radius 1 is 0.362 bits per heavy atom. The minimum atomic E-state index is -4.12. The molecule has 286 valence electrons. The van der Waals surface area contributed by atoms with Gasteiger partial charge in [-0.1, -0.05) is 185 Å². The van der Waals surface area contributed by atoms with Crippen LogP contribution in [0.15, 0.2) is 0 Å². The monoisotopic (exact) mass is 696 g/mol. The zero-order valence-corrected chi connectivity index (χ0v) is 34.2. The van der Waals surface area contributed by atoms with Crippen LogP contribution in [0.25, 0.3) is 0 Å². The summed E-state index contributed by atoms with van der Waals surface area (Å²) in [5, 5.41) is 0. The molecule has 0 aliphatic rings. The molecule has 0 bridgehead atoms. The molecule has 0 radical (unpaired) electrons. The summed E-state index contributed by atoms with van der Waals surface area (Å²) in [6, 6.07) is 0. The van der Waals surface area contributed by atoms with E-state index in [1.165, 1.54) is 103 Å². The zero-order chi connectivity index (χ0) is 35.0. The molecule has 1 nitrogen and oxygen atoms in total. The zero-order valence-electron chi connectivity index (χ0n) is 33.4. The fraction of sp³-hybridized carbons (Fsp3) is 1.00. The molecule has 47 heavy (non-hydrogen) atoms. The highest BCUT2D eigenvalue weighted by molar-refractivity contribution is 5.85. The first-order valence-corrected chi connectivity index (χ1v) is 20.4. The van der Waals surface area contributed by atoms with Gasteiger partial charge >= 0.3 is 6.18 Å². The molecule has 0 heterocycles. The van der Waals surface area contributed by atoms with Crippen LogP contribution < -0.4 is 0 Å². The highest BCUT2D eigenvalue weighted by atomic mass is 35.5. The smallest absolute Gasteiger partial charge is 0.295 e. The molecular formula is C42H85ClF3N. The molecule has 0 rings (SSSR count). The Hall–Kier alpha value is 0.0400. The van der Waals surface area contributed by atoms with Crippen LogP contribution in [0.5, 0.6) is 0 Å². The van der Waals surface area contributed by atoms with Gasteiger partial charge in [0.05, 0.1) is 6.54 Å². The summed E-state index contributed by atoms with van der Waals surface area (Å²) in [6.07, 6.45) is 21.0. The van der Waals surface area contributed by atoms with Gasteiger partial charge in [0.2, 0.25) is 0 Å². The summed E-state index contributed by atoms with van der Waals surface area (Å²) in [6.45, 7) is 23.7. The second kappa shape index (κ2) is 29.7. The van der Waals surface area contributed by atoms with E-state index in [-0.39, 0.29) is 12.4 Å². The summed E-state index contributed by atoms with van der Waals surface area (Å²) in [7, 11) is 0. The van der Waals surface area contributed by atoms with Crippen molar-refractivity contribution in [1.29, 1.82) is 0 Å². The lowest BCUT2D eigenvalue weighted by molar-refractivity contribution is -0.146. The lowest BCUT2D eigenvalue weighted by Gasteiger charge is -2.26. The Morgan fingerprint density at radius 3 is 0.787 bits per heavy atom. The van der Waals surface area contributed by atoms with Crippen LogP contribution in [0.3, 0.4) is 0 Å². The predicted molar refractivity (Wildman–Crippen MR) is 207 cm³/mol. The van der Waals surface area contributed by atoms with Crippen molar-refractivity contribution in [1.82, 2.24) is 4.90 Å². The molecule has 6 atom stereocenters. The third kappa shape index (κ3) is 34.3. The second-order valence-corrected chi connectivity index (χ2v) is 17.5. The molecule has 0 spiro atoms. The van der Waals surface area contributed by atoms with Gasteiger partial charge in [-0.2, -0.15) is 13.2 Å². The molecule has 0 aromatic rings. The van der Waals surface area contributed by atoms with Crippen LogP contribution in [-0.2, 0) is 0 Å². The SMILES string of the molecule is CC(C)CCCC(C)CCCC(C)CCCC(C)CCN(CCC(C)CCCC(C)CCCC(C)CCCC(C)C)CC(F)(F)F.Cl. The van der Waals surface area contributed by atoms with Gasteiger partial charge in [0, 0.05) is 0 Å². The third-order valence-corrected chi connectivity index (χ3v) is 10.8. The molecular weight excluding hydrogens is 611 g/mol. The summed E-state index contributed by atoms with van der Waals surface area (Å²) in [5.41, 5.74) is 0. The van der Waals surface area contributed by atoms with E-state index in [4.69, 9.17) is 0 Å². The fourth-order valence-electron chi connectivity index (χ4n) is 7.20. The molecule has 0 N–H and O–H groups in total. The Kier molecular flexibility index (Phi) is 31.1. The van der Waals surface area contributed by atoms with E-state index in [0.29, 0.717) is 24.9 Å². The lowest BCUT2D eigenvalue weighted by Crippen LogP contribution is -2.36.